The first-order chi connectivity index (χ1) is 9.25. The second kappa shape index (κ2) is 6.89. The lowest BCUT2D eigenvalue weighted by molar-refractivity contribution is -0.118. The van der Waals surface area contributed by atoms with Gasteiger partial charge in [0.15, 0.2) is 5.78 Å². The summed E-state index contributed by atoms with van der Waals surface area (Å²) in [7, 11) is 0. The number of allylic oxidation sites excluding steroid dienone is 5. The normalized spacial score (nSPS) is 19.8. The molecule has 0 saturated heterocycles. The van der Waals surface area contributed by atoms with E-state index in [1.54, 1.807) is 6.08 Å². The molecule has 98 valence electrons. The minimum atomic E-state index is 0.185. The summed E-state index contributed by atoms with van der Waals surface area (Å²) >= 11 is 0. The predicted molar refractivity (Wildman–Crippen MR) is 80.7 cm³/mol. The van der Waals surface area contributed by atoms with E-state index in [2.05, 4.69) is 13.0 Å². The second-order valence-electron chi connectivity index (χ2n) is 5.05. The van der Waals surface area contributed by atoms with Crippen LogP contribution < -0.4 is 0 Å². The molecule has 1 aliphatic carbocycles. The number of carbonyl (C=O) groups excluding carboxylic acids is 1. The molecule has 0 fully saturated rings. The van der Waals surface area contributed by atoms with Crippen LogP contribution in [0.15, 0.2) is 60.2 Å². The number of rotatable bonds is 4. The van der Waals surface area contributed by atoms with Gasteiger partial charge in [0.05, 0.1) is 0 Å². The lowest BCUT2D eigenvalue weighted by Gasteiger charge is -2.17. The molecule has 0 saturated carbocycles. The largest absolute Gasteiger partial charge is 0.295 e. The van der Waals surface area contributed by atoms with E-state index in [4.69, 9.17) is 0 Å². The summed E-state index contributed by atoms with van der Waals surface area (Å²) in [5.41, 5.74) is 2.56. The molecule has 0 aliphatic heterocycles. The highest BCUT2D eigenvalue weighted by molar-refractivity contribution is 5.92. The van der Waals surface area contributed by atoms with Crippen LogP contribution in [0.2, 0.25) is 0 Å². The lowest BCUT2D eigenvalue weighted by atomic mass is 9.87. The Bertz CT molecular complexity index is 506. The Morgan fingerprint density at radius 2 is 2.00 bits per heavy atom. The van der Waals surface area contributed by atoms with Crippen molar-refractivity contribution in [3.8, 4) is 0 Å². The minimum absolute atomic E-state index is 0.185. The molecule has 1 aromatic rings. The maximum absolute atomic E-state index is 12.0. The van der Waals surface area contributed by atoms with E-state index in [1.165, 1.54) is 5.57 Å². The fourth-order valence-corrected chi connectivity index (χ4v) is 2.24. The molecule has 1 atom stereocenters. The van der Waals surface area contributed by atoms with Crippen molar-refractivity contribution < 1.29 is 4.79 Å². The third kappa shape index (κ3) is 4.36. The van der Waals surface area contributed by atoms with Gasteiger partial charge < -0.3 is 0 Å². The molecule has 0 N–H and O–H groups in total. The Labute approximate surface area is 115 Å². The quantitative estimate of drug-likeness (QED) is 0.436. The van der Waals surface area contributed by atoms with Crippen molar-refractivity contribution in [2.24, 2.45) is 5.92 Å². The first-order valence-electron chi connectivity index (χ1n) is 6.85. The SMILES string of the molecule is CC1=CCC(C(=O)/C=C/C=C/c2ccccc2)CC1. The summed E-state index contributed by atoms with van der Waals surface area (Å²) in [6.45, 7) is 2.14. The average Bonchev–Trinajstić information content (AvgIpc) is 2.45. The van der Waals surface area contributed by atoms with Crippen LogP contribution in [0.4, 0.5) is 0 Å². The predicted octanol–water partition coefficient (Wildman–Crippen LogP) is 4.57. The first-order valence-corrected chi connectivity index (χ1v) is 6.85. The van der Waals surface area contributed by atoms with Gasteiger partial charge in [0.2, 0.25) is 0 Å². The number of benzene rings is 1. The number of hydrogen-bond donors (Lipinski definition) is 0. The van der Waals surface area contributed by atoms with E-state index in [-0.39, 0.29) is 11.7 Å². The summed E-state index contributed by atoms with van der Waals surface area (Å²) in [5, 5.41) is 0. The molecule has 0 spiro atoms. The highest BCUT2D eigenvalue weighted by Crippen LogP contribution is 2.24. The molecule has 0 bridgehead atoms. The average molecular weight is 252 g/mol. The van der Waals surface area contributed by atoms with Gasteiger partial charge in [-0.05, 0) is 37.8 Å². The highest BCUT2D eigenvalue weighted by atomic mass is 16.1. The fraction of sp³-hybridized carbons (Fsp3) is 0.278. The van der Waals surface area contributed by atoms with Crippen LogP contribution >= 0.6 is 0 Å². The van der Waals surface area contributed by atoms with Gasteiger partial charge in [0.1, 0.15) is 0 Å². The number of hydrogen-bond acceptors (Lipinski definition) is 1. The summed E-state index contributed by atoms with van der Waals surface area (Å²) in [6.07, 6.45) is 12.6. The van der Waals surface area contributed by atoms with Crippen molar-refractivity contribution in [1.29, 1.82) is 0 Å². The van der Waals surface area contributed by atoms with Gasteiger partial charge in [-0.1, -0.05) is 60.2 Å². The Morgan fingerprint density at radius 3 is 2.68 bits per heavy atom. The van der Waals surface area contributed by atoms with Gasteiger partial charge in [-0.3, -0.25) is 4.79 Å². The molecule has 2 rings (SSSR count). The van der Waals surface area contributed by atoms with Gasteiger partial charge in [-0.25, -0.2) is 0 Å². The van der Waals surface area contributed by atoms with Gasteiger partial charge in [0, 0.05) is 5.92 Å². The van der Waals surface area contributed by atoms with Crippen LogP contribution in [0.5, 0.6) is 0 Å². The van der Waals surface area contributed by atoms with Crippen LogP contribution in [0.1, 0.15) is 31.7 Å². The van der Waals surface area contributed by atoms with E-state index in [9.17, 15) is 4.79 Å². The van der Waals surface area contributed by atoms with Crippen molar-refractivity contribution in [2.45, 2.75) is 26.2 Å². The maximum atomic E-state index is 12.0. The Kier molecular flexibility index (Phi) is 4.91. The number of ketones is 1. The Morgan fingerprint density at radius 1 is 1.21 bits per heavy atom. The van der Waals surface area contributed by atoms with Crippen LogP contribution in [0.25, 0.3) is 6.08 Å². The van der Waals surface area contributed by atoms with Gasteiger partial charge in [-0.2, -0.15) is 0 Å². The highest BCUT2D eigenvalue weighted by Gasteiger charge is 2.17. The zero-order valence-electron chi connectivity index (χ0n) is 11.4. The third-order valence-electron chi connectivity index (χ3n) is 3.50. The summed E-state index contributed by atoms with van der Waals surface area (Å²) in [6, 6.07) is 10.1. The topological polar surface area (TPSA) is 17.1 Å². The van der Waals surface area contributed by atoms with Crippen LogP contribution in [0.3, 0.4) is 0 Å². The molecule has 0 radical (unpaired) electrons. The van der Waals surface area contributed by atoms with E-state index in [1.807, 2.05) is 48.6 Å². The molecule has 0 amide bonds. The maximum Gasteiger partial charge on any atom is 0.159 e. The van der Waals surface area contributed by atoms with Crippen molar-refractivity contribution in [2.75, 3.05) is 0 Å². The molecule has 0 aromatic heterocycles. The van der Waals surface area contributed by atoms with Crippen molar-refractivity contribution in [3.05, 3.63) is 65.8 Å². The molecule has 1 heteroatoms. The summed E-state index contributed by atoms with van der Waals surface area (Å²) in [4.78, 5) is 12.0. The molecule has 1 aliphatic rings. The minimum Gasteiger partial charge on any atom is -0.295 e. The Hall–Kier alpha value is -1.89. The molecule has 1 nitrogen and oxygen atoms in total. The molecular weight excluding hydrogens is 232 g/mol. The third-order valence-corrected chi connectivity index (χ3v) is 3.50. The zero-order chi connectivity index (χ0) is 13.5. The van der Waals surface area contributed by atoms with E-state index < -0.39 is 0 Å². The molecule has 19 heavy (non-hydrogen) atoms. The van der Waals surface area contributed by atoms with Crippen molar-refractivity contribution >= 4 is 11.9 Å². The second-order valence-corrected chi connectivity index (χ2v) is 5.05. The van der Waals surface area contributed by atoms with Crippen LogP contribution in [-0.2, 0) is 4.79 Å². The van der Waals surface area contributed by atoms with Crippen LogP contribution in [0, 0.1) is 5.92 Å². The van der Waals surface area contributed by atoms with Gasteiger partial charge >= 0.3 is 0 Å². The monoisotopic (exact) mass is 252 g/mol. The van der Waals surface area contributed by atoms with Crippen molar-refractivity contribution in [1.82, 2.24) is 0 Å². The van der Waals surface area contributed by atoms with E-state index >= 15 is 0 Å². The van der Waals surface area contributed by atoms with E-state index in [0.29, 0.717) is 0 Å². The summed E-state index contributed by atoms with van der Waals surface area (Å²) < 4.78 is 0. The molecule has 1 unspecified atom stereocenters. The Balaban J connectivity index is 1.86. The number of carbonyl (C=O) groups is 1. The molecule has 1 aromatic carbocycles. The van der Waals surface area contributed by atoms with Gasteiger partial charge in [-0.15, -0.1) is 0 Å². The lowest BCUT2D eigenvalue weighted by Crippen LogP contribution is -2.14. The molecule has 0 heterocycles. The standard InChI is InChI=1S/C18H20O/c1-15-11-13-17(14-12-15)18(19)10-6-5-9-16-7-3-2-4-8-16/h2-11,17H,12-14H2,1H3/b9-5+,10-6+. The first kappa shape index (κ1) is 13.5. The van der Waals surface area contributed by atoms with Crippen molar-refractivity contribution in [3.63, 3.8) is 0 Å². The fourth-order valence-electron chi connectivity index (χ4n) is 2.24. The smallest absolute Gasteiger partial charge is 0.159 e. The van der Waals surface area contributed by atoms with Gasteiger partial charge in [0.25, 0.3) is 0 Å². The molecular formula is C18H20O. The summed E-state index contributed by atoms with van der Waals surface area (Å²) in [5.74, 6) is 0.437. The zero-order valence-corrected chi connectivity index (χ0v) is 11.4. The van der Waals surface area contributed by atoms with E-state index in [0.717, 1.165) is 24.8 Å². The van der Waals surface area contributed by atoms with Crippen LogP contribution in [-0.4, -0.2) is 5.78 Å².